The summed E-state index contributed by atoms with van der Waals surface area (Å²) in [5, 5.41) is 23.1. The van der Waals surface area contributed by atoms with Gasteiger partial charge in [0.1, 0.15) is 72.6 Å². The van der Waals surface area contributed by atoms with Crippen LogP contribution in [0, 0.1) is 35.5 Å². The molecule has 27 nitrogen and oxygen atoms in total. The number of rotatable bonds is 18. The minimum absolute atomic E-state index is 0.0922. The van der Waals surface area contributed by atoms with Gasteiger partial charge in [0.15, 0.2) is 0 Å². The van der Waals surface area contributed by atoms with Gasteiger partial charge in [0.25, 0.3) is 0 Å². The number of hydrogen-bond acceptors (Lipinski definition) is 15. The van der Waals surface area contributed by atoms with Crippen LogP contribution in [0.25, 0.3) is 0 Å². The molecule has 12 amide bonds. The number of amides is 12. The van der Waals surface area contributed by atoms with Gasteiger partial charge in [-0.05, 0) is 95.3 Å². The number of primary amides is 1. The van der Waals surface area contributed by atoms with Crippen LogP contribution >= 0.6 is 0 Å². The van der Waals surface area contributed by atoms with Gasteiger partial charge < -0.3 is 75.9 Å². The topological polar surface area (TPSA) is 340 Å². The fourth-order valence-corrected chi connectivity index (χ4v) is 12.1. The maximum atomic E-state index is 15.3. The second-order valence-corrected chi connectivity index (χ2v) is 27.3. The van der Waals surface area contributed by atoms with Crippen molar-refractivity contribution < 1.29 is 72.1 Å². The normalized spacial score (nSPS) is 28.0. The van der Waals surface area contributed by atoms with Crippen LogP contribution in [0.5, 0.6) is 0 Å². The number of nitrogens with two attached hydrogens (primary N) is 1. The molecule has 2 fully saturated rings. The average Bonchev–Trinajstić information content (AvgIpc) is 1.79. The van der Waals surface area contributed by atoms with Crippen LogP contribution in [0.4, 0.5) is 4.79 Å². The Kier molecular flexibility index (Phi) is 32.7. The Hall–Kier alpha value is -7.16. The average molecular weight is 1320 g/mol. The first-order valence-corrected chi connectivity index (χ1v) is 32.7. The summed E-state index contributed by atoms with van der Waals surface area (Å²) in [6.45, 7) is 30.4. The molecule has 7 N–H and O–H groups in total. The lowest BCUT2D eigenvalue weighted by Gasteiger charge is -2.41. The Morgan fingerprint density at radius 1 is 0.581 bits per heavy atom. The summed E-state index contributed by atoms with van der Waals surface area (Å²) in [5.74, 6) is -11.0. The fourth-order valence-electron chi connectivity index (χ4n) is 12.1. The van der Waals surface area contributed by atoms with Crippen LogP contribution in [0.3, 0.4) is 0 Å². The van der Waals surface area contributed by atoms with Crippen LogP contribution in [-0.2, 0) is 62.2 Å². The van der Waals surface area contributed by atoms with E-state index in [1.165, 1.54) is 88.7 Å². The van der Waals surface area contributed by atoms with Crippen LogP contribution in [0.15, 0.2) is 24.8 Å². The monoisotopic (exact) mass is 1310 g/mol. The molecule has 0 aromatic carbocycles. The number of aliphatic hydroxyl groups excluding tert-OH is 1. The predicted molar refractivity (Wildman–Crippen MR) is 352 cm³/mol. The third kappa shape index (κ3) is 22.0. The molecule has 2 heterocycles. The lowest BCUT2D eigenvalue weighted by molar-refractivity contribution is -0.157. The molecule has 2 unspecified atom stereocenters. The molecule has 27 heteroatoms. The van der Waals surface area contributed by atoms with Crippen molar-refractivity contribution in [1.82, 2.24) is 55.6 Å². The minimum Gasteiger partial charge on any atom is -0.444 e. The highest BCUT2D eigenvalue weighted by molar-refractivity contribution is 6.00. The molecule has 0 spiro atoms. The molecule has 0 aromatic heterocycles. The second kappa shape index (κ2) is 37.1. The van der Waals surface area contributed by atoms with Crippen LogP contribution in [0.1, 0.15) is 149 Å². The van der Waals surface area contributed by atoms with Crippen LogP contribution < -0.4 is 27.0 Å². The molecule has 0 radical (unpaired) electrons. The molecule has 528 valence electrons. The van der Waals surface area contributed by atoms with Crippen molar-refractivity contribution in [2.24, 2.45) is 41.2 Å². The van der Waals surface area contributed by atoms with E-state index in [-0.39, 0.29) is 62.9 Å². The molecule has 93 heavy (non-hydrogen) atoms. The van der Waals surface area contributed by atoms with Crippen molar-refractivity contribution >= 4 is 71.1 Å². The Bertz CT molecular complexity index is 2650. The van der Waals surface area contributed by atoms with E-state index in [4.69, 9.17) is 15.2 Å². The molecule has 0 saturated carbocycles. The maximum absolute atomic E-state index is 15.3. The highest BCUT2D eigenvalue weighted by Gasteiger charge is 2.50. The number of nitrogens with one attached hydrogen (secondary N) is 4. The number of likely N-dealkylation sites (N-methyl/N-ethyl adjacent to an activating group) is 6. The van der Waals surface area contributed by atoms with Gasteiger partial charge in [-0.1, -0.05) is 101 Å². The summed E-state index contributed by atoms with van der Waals surface area (Å²) in [6.07, 6.45) is -0.0111. The summed E-state index contributed by atoms with van der Waals surface area (Å²) < 4.78 is 11.4. The predicted octanol–water partition coefficient (Wildman–Crippen LogP) is 2.42. The molecular formula is C66H114N12O15. The molecule has 2 aliphatic rings. The first-order valence-electron chi connectivity index (χ1n) is 32.7. The number of hydrogen-bond donors (Lipinski definition) is 6. The number of carbonyl (C=O) groups is 12. The Labute approximate surface area is 552 Å². The fraction of sp³-hybridized carbons (Fsp3) is 0.758. The zero-order valence-electron chi connectivity index (χ0n) is 59.5. The van der Waals surface area contributed by atoms with E-state index in [0.717, 1.165) is 14.7 Å². The van der Waals surface area contributed by atoms with Crippen molar-refractivity contribution in [3.8, 4) is 0 Å². The number of ether oxygens (including phenoxy) is 2. The van der Waals surface area contributed by atoms with Gasteiger partial charge in [-0.25, -0.2) is 4.79 Å². The number of aliphatic hydroxyl groups is 1. The largest absolute Gasteiger partial charge is 0.444 e. The summed E-state index contributed by atoms with van der Waals surface area (Å²) in [5.41, 5.74) is 5.49. The van der Waals surface area contributed by atoms with Crippen molar-refractivity contribution in [2.75, 3.05) is 55.4 Å². The molecule has 15 atom stereocenters. The first-order chi connectivity index (χ1) is 43.1. The van der Waals surface area contributed by atoms with E-state index in [9.17, 15) is 33.9 Å². The molecule has 0 aliphatic carbocycles. The second-order valence-electron chi connectivity index (χ2n) is 27.3. The molecule has 2 rings (SSSR count). The molecule has 2 saturated heterocycles. The van der Waals surface area contributed by atoms with Crippen molar-refractivity contribution in [3.05, 3.63) is 24.8 Å². The van der Waals surface area contributed by atoms with Gasteiger partial charge in [-0.3, -0.25) is 52.7 Å². The molecule has 0 bridgehead atoms. The van der Waals surface area contributed by atoms with E-state index in [0.29, 0.717) is 0 Å². The van der Waals surface area contributed by atoms with E-state index >= 15 is 28.8 Å². The number of nitrogens with zero attached hydrogens (tertiary/aromatic N) is 7. The zero-order chi connectivity index (χ0) is 71.5. The first kappa shape index (κ1) is 81.9. The summed E-state index contributed by atoms with van der Waals surface area (Å²) >= 11 is 0. The van der Waals surface area contributed by atoms with Crippen LogP contribution in [-0.4, -0.2) is 251 Å². The number of allylic oxidation sites excluding steroid dienone is 2. The lowest BCUT2D eigenvalue weighted by Crippen LogP contribution is -2.64. The zero-order valence-corrected chi connectivity index (χ0v) is 59.5. The lowest BCUT2D eigenvalue weighted by atomic mass is 9.91. The van der Waals surface area contributed by atoms with Gasteiger partial charge in [0.05, 0.1) is 25.4 Å². The Morgan fingerprint density at radius 3 is 1.54 bits per heavy atom. The van der Waals surface area contributed by atoms with Gasteiger partial charge in [-0.2, -0.15) is 0 Å². The smallest absolute Gasteiger partial charge is 0.404 e. The third-order valence-electron chi connectivity index (χ3n) is 17.5. The Morgan fingerprint density at radius 2 is 1.05 bits per heavy atom. The van der Waals surface area contributed by atoms with Gasteiger partial charge in [0, 0.05) is 48.7 Å². The standard InChI is InChI=1S/C66H114N12O15/c1-24-27-28-40(14)54(79)53-58(83)70-45(26-3)60(85)78-34-44(93-66(67)91)33-49(78)63(88)76(22)52(43(17)92-29-25-2)57(82)71-50(38(10)11)64(89)72(18)46(30-35(4)5)56(81)68-41(15)55(80)69-42(16)59(84)73(19)47(31-36(6)7)61(86)74(20)48(32-37(8)9)62(87)75(21)51(39(12)13)65(90)77(53)23/h24-25,27,35-54,79H,2,26,28-34H2,1,3-23H3,(H2,67,91)(H,68,81)(H,69,80)(H,70,83)(H,71,82)/b27-24+/t40-,41+,42-,43-,44?,45+,46+,47+,48+,49-,50+,51+,52?,53+,54-/m1/s1. The van der Waals surface area contributed by atoms with Crippen LogP contribution in [0.2, 0.25) is 0 Å². The Balaban J connectivity index is 3.14. The van der Waals surface area contributed by atoms with E-state index in [1.54, 1.807) is 60.6 Å². The van der Waals surface area contributed by atoms with Gasteiger partial charge >= 0.3 is 6.09 Å². The van der Waals surface area contributed by atoms with Crippen molar-refractivity contribution in [2.45, 2.75) is 234 Å². The SMILES string of the molecule is C=CCO[C@H](C)C1C(=O)N[C@@H](C(C)C)C(=O)N(C)[C@@H](CC(C)C)C(=O)N[C@@H](C)C(=O)N[C@H](C)C(=O)N(C)[C@@H](CC(C)C)C(=O)N(C)[C@@H](CC(C)C)C(=O)N(C)[C@@H](C(C)C)C(=O)N(C)[C@@H]([C@H](O)[C@H](C)C/C=C/C)C(=O)N[C@@H](CC)C(=O)N2CC(OC(N)=O)C[C@@H]2C(=O)N1C. The van der Waals surface area contributed by atoms with Crippen molar-refractivity contribution in [1.29, 1.82) is 0 Å². The molecule has 0 aromatic rings. The summed E-state index contributed by atoms with van der Waals surface area (Å²) in [7, 11) is 8.25. The van der Waals surface area contributed by atoms with E-state index in [2.05, 4.69) is 27.8 Å². The van der Waals surface area contributed by atoms with E-state index < -0.39 is 180 Å². The summed E-state index contributed by atoms with van der Waals surface area (Å²) in [4.78, 5) is 184. The van der Waals surface area contributed by atoms with Gasteiger partial charge in [0.2, 0.25) is 65.0 Å². The minimum atomic E-state index is -1.72. The number of fused-ring (bicyclic) bond motifs is 1. The molecule has 2 aliphatic heterocycles. The molecular weight excluding hydrogens is 1200 g/mol. The highest BCUT2D eigenvalue weighted by Crippen LogP contribution is 2.28. The summed E-state index contributed by atoms with van der Waals surface area (Å²) in [6, 6.07) is -15.0. The third-order valence-corrected chi connectivity index (χ3v) is 17.5. The number of carbonyl (C=O) groups excluding carboxylic acids is 12. The quantitative estimate of drug-likeness (QED) is 0.107. The van der Waals surface area contributed by atoms with E-state index in [1.807, 2.05) is 41.5 Å². The van der Waals surface area contributed by atoms with Gasteiger partial charge in [-0.15, -0.1) is 6.58 Å². The van der Waals surface area contributed by atoms with Crippen molar-refractivity contribution in [3.63, 3.8) is 0 Å². The maximum Gasteiger partial charge on any atom is 0.404 e. The highest BCUT2D eigenvalue weighted by atomic mass is 16.6.